The van der Waals surface area contributed by atoms with Gasteiger partial charge in [0, 0.05) is 18.5 Å². The van der Waals surface area contributed by atoms with E-state index in [4.69, 9.17) is 5.11 Å². The highest BCUT2D eigenvalue weighted by atomic mass is 16.4. The van der Waals surface area contributed by atoms with Gasteiger partial charge in [-0.15, -0.1) is 0 Å². The summed E-state index contributed by atoms with van der Waals surface area (Å²) in [7, 11) is 0. The highest BCUT2D eigenvalue weighted by Crippen LogP contribution is 2.19. The number of aliphatic carboxylic acids is 1. The van der Waals surface area contributed by atoms with Crippen molar-refractivity contribution in [3.8, 4) is 0 Å². The van der Waals surface area contributed by atoms with Gasteiger partial charge < -0.3 is 10.4 Å². The topological polar surface area (TPSA) is 49.3 Å². The first-order valence-electron chi connectivity index (χ1n) is 8.76. The first kappa shape index (κ1) is 17.0. The van der Waals surface area contributed by atoms with Crippen LogP contribution in [0.3, 0.4) is 0 Å². The fraction of sp³-hybridized carbons (Fsp3) is 0.632. The summed E-state index contributed by atoms with van der Waals surface area (Å²) in [6, 6.07) is 11.2. The fourth-order valence-electron chi connectivity index (χ4n) is 3.40. The van der Waals surface area contributed by atoms with Gasteiger partial charge in [-0.3, -0.25) is 4.79 Å². The van der Waals surface area contributed by atoms with E-state index in [9.17, 15) is 4.79 Å². The van der Waals surface area contributed by atoms with Crippen molar-refractivity contribution in [3.63, 3.8) is 0 Å². The average molecular weight is 303 g/mol. The lowest BCUT2D eigenvalue weighted by Gasteiger charge is -2.27. The fourth-order valence-corrected chi connectivity index (χ4v) is 3.40. The lowest BCUT2D eigenvalue weighted by atomic mass is 9.94. The molecule has 22 heavy (non-hydrogen) atoms. The van der Waals surface area contributed by atoms with Gasteiger partial charge >= 0.3 is 5.97 Å². The molecule has 1 aliphatic carbocycles. The van der Waals surface area contributed by atoms with Gasteiger partial charge in [-0.1, -0.05) is 62.4 Å². The average Bonchev–Trinajstić information content (AvgIpc) is 2.48. The van der Waals surface area contributed by atoms with Gasteiger partial charge in [-0.2, -0.15) is 0 Å². The highest BCUT2D eigenvalue weighted by molar-refractivity contribution is 5.66. The van der Waals surface area contributed by atoms with Crippen LogP contribution in [-0.2, 0) is 11.2 Å². The van der Waals surface area contributed by atoms with E-state index >= 15 is 0 Å². The number of nitrogens with one attached hydrogen (secondary N) is 1. The summed E-state index contributed by atoms with van der Waals surface area (Å²) in [5, 5.41) is 12.8. The molecule has 122 valence electrons. The van der Waals surface area contributed by atoms with Gasteiger partial charge in [-0.05, 0) is 31.2 Å². The molecule has 1 saturated carbocycles. The van der Waals surface area contributed by atoms with Crippen LogP contribution in [0, 0.1) is 0 Å². The van der Waals surface area contributed by atoms with Crippen molar-refractivity contribution in [1.82, 2.24) is 5.32 Å². The van der Waals surface area contributed by atoms with Crippen molar-refractivity contribution < 1.29 is 9.90 Å². The molecule has 1 aromatic carbocycles. The molecule has 0 spiro atoms. The molecular weight excluding hydrogens is 274 g/mol. The van der Waals surface area contributed by atoms with Crippen LogP contribution in [0.2, 0.25) is 0 Å². The second-order valence-corrected chi connectivity index (χ2v) is 6.53. The third-order valence-electron chi connectivity index (χ3n) is 4.61. The Morgan fingerprint density at radius 2 is 1.73 bits per heavy atom. The van der Waals surface area contributed by atoms with Gasteiger partial charge in [0.15, 0.2) is 0 Å². The molecule has 0 heterocycles. The molecule has 1 unspecified atom stereocenters. The van der Waals surface area contributed by atoms with E-state index in [1.165, 1.54) is 50.5 Å². The first-order valence-corrected chi connectivity index (χ1v) is 8.76. The quantitative estimate of drug-likeness (QED) is 0.795. The van der Waals surface area contributed by atoms with E-state index in [-0.39, 0.29) is 12.5 Å². The Morgan fingerprint density at radius 1 is 1.09 bits per heavy atom. The molecule has 1 fully saturated rings. The number of hydrogen-bond acceptors (Lipinski definition) is 2. The van der Waals surface area contributed by atoms with Gasteiger partial charge in [0.1, 0.15) is 0 Å². The van der Waals surface area contributed by atoms with Gasteiger partial charge in [0.2, 0.25) is 0 Å². The number of carbonyl (C=O) groups is 1. The molecule has 3 nitrogen and oxygen atoms in total. The standard InChI is InChI=1S/C19H29NO2/c21-19(22)14-13-18(15-16-9-5-4-6-10-16)20-17-11-7-2-1-3-8-12-17/h4-6,9-10,17-18,20H,1-3,7-8,11-15H2,(H,21,22). The Bertz CT molecular complexity index is 424. The molecular formula is C19H29NO2. The Kier molecular flexibility index (Phi) is 7.44. The van der Waals surface area contributed by atoms with Crippen molar-refractivity contribution in [3.05, 3.63) is 35.9 Å². The molecule has 1 aromatic rings. The second-order valence-electron chi connectivity index (χ2n) is 6.53. The minimum atomic E-state index is -0.697. The van der Waals surface area contributed by atoms with E-state index in [0.29, 0.717) is 12.5 Å². The summed E-state index contributed by atoms with van der Waals surface area (Å²) < 4.78 is 0. The molecule has 2 rings (SSSR count). The zero-order valence-corrected chi connectivity index (χ0v) is 13.5. The zero-order valence-electron chi connectivity index (χ0n) is 13.5. The van der Waals surface area contributed by atoms with Crippen molar-refractivity contribution in [2.45, 2.75) is 76.3 Å². The Morgan fingerprint density at radius 3 is 2.36 bits per heavy atom. The summed E-state index contributed by atoms with van der Waals surface area (Å²) in [4.78, 5) is 10.9. The van der Waals surface area contributed by atoms with E-state index in [2.05, 4.69) is 29.6 Å². The van der Waals surface area contributed by atoms with Crippen molar-refractivity contribution in [1.29, 1.82) is 0 Å². The van der Waals surface area contributed by atoms with E-state index in [0.717, 1.165) is 6.42 Å². The molecule has 1 atom stereocenters. The van der Waals surface area contributed by atoms with Crippen LogP contribution in [0.15, 0.2) is 30.3 Å². The Labute approximate surface area is 134 Å². The third kappa shape index (κ3) is 6.61. The Balaban J connectivity index is 1.91. The van der Waals surface area contributed by atoms with Crippen LogP contribution < -0.4 is 5.32 Å². The van der Waals surface area contributed by atoms with Crippen molar-refractivity contribution >= 4 is 5.97 Å². The van der Waals surface area contributed by atoms with Gasteiger partial charge in [0.05, 0.1) is 0 Å². The summed E-state index contributed by atoms with van der Waals surface area (Å²) in [6.45, 7) is 0. The van der Waals surface area contributed by atoms with Crippen LogP contribution >= 0.6 is 0 Å². The number of benzene rings is 1. The summed E-state index contributed by atoms with van der Waals surface area (Å²) in [5.74, 6) is -0.697. The predicted molar refractivity (Wildman–Crippen MR) is 90.0 cm³/mol. The molecule has 0 amide bonds. The molecule has 0 bridgehead atoms. The lowest BCUT2D eigenvalue weighted by molar-refractivity contribution is -0.137. The molecule has 2 N–H and O–H groups in total. The zero-order chi connectivity index (χ0) is 15.6. The minimum absolute atomic E-state index is 0.247. The lowest BCUT2D eigenvalue weighted by Crippen LogP contribution is -2.40. The third-order valence-corrected chi connectivity index (χ3v) is 4.61. The maximum absolute atomic E-state index is 10.9. The monoisotopic (exact) mass is 303 g/mol. The van der Waals surface area contributed by atoms with Gasteiger partial charge in [-0.25, -0.2) is 0 Å². The smallest absolute Gasteiger partial charge is 0.303 e. The van der Waals surface area contributed by atoms with Crippen LogP contribution in [-0.4, -0.2) is 23.2 Å². The van der Waals surface area contributed by atoms with Crippen molar-refractivity contribution in [2.24, 2.45) is 0 Å². The summed E-state index contributed by atoms with van der Waals surface area (Å²) in [6.07, 6.45) is 11.0. The van der Waals surface area contributed by atoms with E-state index in [1.54, 1.807) is 0 Å². The van der Waals surface area contributed by atoms with Gasteiger partial charge in [0.25, 0.3) is 0 Å². The van der Waals surface area contributed by atoms with Crippen LogP contribution in [0.5, 0.6) is 0 Å². The Hall–Kier alpha value is -1.35. The minimum Gasteiger partial charge on any atom is -0.481 e. The summed E-state index contributed by atoms with van der Waals surface area (Å²) in [5.41, 5.74) is 1.29. The number of hydrogen-bond donors (Lipinski definition) is 2. The predicted octanol–water partition coefficient (Wildman–Crippen LogP) is 4.17. The van der Waals surface area contributed by atoms with Crippen LogP contribution in [0.4, 0.5) is 0 Å². The molecule has 0 saturated heterocycles. The van der Waals surface area contributed by atoms with Crippen molar-refractivity contribution in [2.75, 3.05) is 0 Å². The summed E-state index contributed by atoms with van der Waals surface area (Å²) >= 11 is 0. The maximum atomic E-state index is 10.9. The maximum Gasteiger partial charge on any atom is 0.303 e. The number of rotatable bonds is 7. The molecule has 1 aliphatic rings. The molecule has 0 radical (unpaired) electrons. The van der Waals surface area contributed by atoms with Crippen LogP contribution in [0.25, 0.3) is 0 Å². The number of carboxylic acids is 1. The number of carboxylic acid groups (broad SMARTS) is 1. The molecule has 0 aliphatic heterocycles. The molecule has 0 aromatic heterocycles. The largest absolute Gasteiger partial charge is 0.481 e. The second kappa shape index (κ2) is 9.62. The highest BCUT2D eigenvalue weighted by Gasteiger charge is 2.18. The van der Waals surface area contributed by atoms with E-state index in [1.807, 2.05) is 6.07 Å². The normalized spacial score (nSPS) is 18.4. The first-order chi connectivity index (χ1) is 10.7. The van der Waals surface area contributed by atoms with E-state index < -0.39 is 5.97 Å². The molecule has 3 heteroatoms. The SMILES string of the molecule is O=C(O)CCC(Cc1ccccc1)NC1CCCCCCC1. The van der Waals surface area contributed by atoms with Crippen LogP contribution in [0.1, 0.15) is 63.4 Å².